The third kappa shape index (κ3) is 3.61. The first-order valence-corrected chi connectivity index (χ1v) is 9.62. The molecule has 3 aromatic rings. The fraction of sp³-hybridized carbons (Fsp3) is 0.318. The molecule has 2 aromatic carbocycles. The summed E-state index contributed by atoms with van der Waals surface area (Å²) < 4.78 is 17.6. The van der Waals surface area contributed by atoms with Gasteiger partial charge in [-0.25, -0.2) is 10.0 Å². The second kappa shape index (κ2) is 7.67. The predicted molar refractivity (Wildman–Crippen MR) is 115 cm³/mol. The Morgan fingerprint density at radius 1 is 1.10 bits per heavy atom. The van der Waals surface area contributed by atoms with Crippen molar-refractivity contribution in [3.8, 4) is 11.5 Å². The molecule has 0 aliphatic carbocycles. The monoisotopic (exact) mass is 394 g/mol. The van der Waals surface area contributed by atoms with Crippen LogP contribution in [0.25, 0.3) is 10.9 Å². The molecule has 2 heterocycles. The number of amidine groups is 1. The molecule has 1 atom stereocenters. The van der Waals surface area contributed by atoms with Crippen molar-refractivity contribution in [2.45, 2.75) is 20.1 Å². The van der Waals surface area contributed by atoms with Crippen LogP contribution in [-0.4, -0.2) is 43.8 Å². The molecule has 152 valence electrons. The van der Waals surface area contributed by atoms with Gasteiger partial charge in [0.15, 0.2) is 0 Å². The molecule has 1 aromatic heterocycles. The summed E-state index contributed by atoms with van der Waals surface area (Å²) in [6, 6.07) is 14.5. The molecule has 4 rings (SSSR count). The number of hydrogen-bond acceptors (Lipinski definition) is 6. The van der Waals surface area contributed by atoms with E-state index in [1.165, 1.54) is 0 Å². The summed E-state index contributed by atoms with van der Waals surface area (Å²) in [4.78, 5) is 8.09. The van der Waals surface area contributed by atoms with E-state index in [9.17, 15) is 0 Å². The highest BCUT2D eigenvalue weighted by atomic mass is 16.5. The second-order valence-corrected chi connectivity index (χ2v) is 7.10. The lowest BCUT2D eigenvalue weighted by Gasteiger charge is -2.37. The molecule has 29 heavy (non-hydrogen) atoms. The minimum absolute atomic E-state index is 0.499. The fourth-order valence-corrected chi connectivity index (χ4v) is 3.54. The van der Waals surface area contributed by atoms with Crippen LogP contribution in [0.1, 0.15) is 24.4 Å². The zero-order valence-corrected chi connectivity index (χ0v) is 17.4. The summed E-state index contributed by atoms with van der Waals surface area (Å²) in [5.41, 5.74) is 4.05. The number of aliphatic imine (C=N–C) groups is 1. The standard InChI is InChI=1S/C22H26N4O3/c1-6-28-22-24-21(29-17-7-9-19-15(12-17)11-14(2)23-19)18-13-16(27-5)8-10-20(18)26(22)25(3)4/h7-13,21,23H,6H2,1-5H3. The first-order chi connectivity index (χ1) is 14.0. The number of nitrogens with zero attached hydrogens (tertiary/aromatic N) is 3. The molecule has 1 aliphatic heterocycles. The molecule has 0 radical (unpaired) electrons. The smallest absolute Gasteiger partial charge is 0.311 e. The summed E-state index contributed by atoms with van der Waals surface area (Å²) in [6.45, 7) is 4.49. The van der Waals surface area contributed by atoms with Crippen LogP contribution < -0.4 is 14.5 Å². The summed E-state index contributed by atoms with van der Waals surface area (Å²) >= 11 is 0. The molecule has 7 heteroatoms. The number of aryl methyl sites for hydroxylation is 1. The van der Waals surface area contributed by atoms with Gasteiger partial charge in [0.1, 0.15) is 11.5 Å². The van der Waals surface area contributed by atoms with Crippen LogP contribution in [-0.2, 0) is 4.74 Å². The normalized spacial score (nSPS) is 16.0. The van der Waals surface area contributed by atoms with Crippen molar-refractivity contribution in [3.63, 3.8) is 0 Å². The molecule has 1 N–H and O–H groups in total. The number of methoxy groups -OCH3 is 1. The van der Waals surface area contributed by atoms with Crippen LogP contribution >= 0.6 is 0 Å². The van der Waals surface area contributed by atoms with E-state index >= 15 is 0 Å². The largest absolute Gasteiger partial charge is 0.497 e. The number of fused-ring (bicyclic) bond motifs is 2. The zero-order chi connectivity index (χ0) is 20.5. The van der Waals surface area contributed by atoms with Crippen LogP contribution in [0.2, 0.25) is 0 Å². The van der Waals surface area contributed by atoms with Crippen LogP contribution in [0.4, 0.5) is 5.69 Å². The van der Waals surface area contributed by atoms with Gasteiger partial charge >= 0.3 is 6.02 Å². The Morgan fingerprint density at radius 2 is 1.90 bits per heavy atom. The van der Waals surface area contributed by atoms with Gasteiger partial charge in [0.2, 0.25) is 6.23 Å². The van der Waals surface area contributed by atoms with Gasteiger partial charge < -0.3 is 19.2 Å². The van der Waals surface area contributed by atoms with Gasteiger partial charge in [-0.2, -0.15) is 4.99 Å². The van der Waals surface area contributed by atoms with Crippen LogP contribution in [0.3, 0.4) is 0 Å². The molecule has 0 saturated carbocycles. The first-order valence-electron chi connectivity index (χ1n) is 9.62. The van der Waals surface area contributed by atoms with E-state index in [1.54, 1.807) is 7.11 Å². The summed E-state index contributed by atoms with van der Waals surface area (Å²) in [5, 5.41) is 4.97. The molecule has 0 saturated heterocycles. The van der Waals surface area contributed by atoms with Gasteiger partial charge in [0.25, 0.3) is 0 Å². The highest BCUT2D eigenvalue weighted by molar-refractivity contribution is 5.94. The maximum Gasteiger partial charge on any atom is 0.311 e. The number of aromatic amines is 1. The first kappa shape index (κ1) is 19.1. The van der Waals surface area contributed by atoms with E-state index in [2.05, 4.69) is 11.1 Å². The van der Waals surface area contributed by atoms with E-state index < -0.39 is 6.23 Å². The quantitative estimate of drug-likeness (QED) is 0.701. The van der Waals surface area contributed by atoms with Crippen molar-refractivity contribution in [2.75, 3.05) is 32.8 Å². The lowest BCUT2D eigenvalue weighted by Crippen LogP contribution is -2.46. The molecule has 7 nitrogen and oxygen atoms in total. The van der Waals surface area contributed by atoms with Gasteiger partial charge in [-0.1, -0.05) is 0 Å². The Labute approximate surface area is 170 Å². The van der Waals surface area contributed by atoms with Crippen molar-refractivity contribution >= 4 is 22.6 Å². The average Bonchev–Trinajstić information content (AvgIpc) is 3.07. The van der Waals surface area contributed by atoms with Gasteiger partial charge in [-0.3, -0.25) is 0 Å². The third-order valence-corrected chi connectivity index (χ3v) is 4.79. The Morgan fingerprint density at radius 3 is 2.62 bits per heavy atom. The van der Waals surface area contributed by atoms with Crippen molar-refractivity contribution in [1.82, 2.24) is 9.99 Å². The highest BCUT2D eigenvalue weighted by Gasteiger charge is 2.32. The topological polar surface area (TPSA) is 62.3 Å². The van der Waals surface area contributed by atoms with Gasteiger partial charge in [0.05, 0.1) is 19.4 Å². The maximum atomic E-state index is 6.32. The average molecular weight is 394 g/mol. The number of H-pyrrole nitrogens is 1. The van der Waals surface area contributed by atoms with E-state index in [-0.39, 0.29) is 0 Å². The zero-order valence-electron chi connectivity index (χ0n) is 17.4. The predicted octanol–water partition coefficient (Wildman–Crippen LogP) is 4.25. The fourth-order valence-electron chi connectivity index (χ4n) is 3.54. The van der Waals surface area contributed by atoms with Gasteiger partial charge in [-0.15, -0.1) is 0 Å². The Kier molecular flexibility index (Phi) is 5.07. The molecular weight excluding hydrogens is 368 g/mol. The van der Waals surface area contributed by atoms with Crippen molar-refractivity contribution in [1.29, 1.82) is 0 Å². The Balaban J connectivity index is 1.77. The number of rotatable bonds is 5. The number of nitrogens with one attached hydrogen (secondary N) is 1. The number of hydrogen-bond donors (Lipinski definition) is 1. The molecule has 0 bridgehead atoms. The Hall–Kier alpha value is -3.19. The van der Waals surface area contributed by atoms with Crippen molar-refractivity contribution < 1.29 is 14.2 Å². The minimum atomic E-state index is -0.546. The van der Waals surface area contributed by atoms with Gasteiger partial charge in [0, 0.05) is 36.3 Å². The second-order valence-electron chi connectivity index (χ2n) is 7.10. The molecule has 1 aliphatic rings. The maximum absolute atomic E-state index is 6.32. The SMILES string of the molecule is CCOC1=NC(Oc2ccc3[nH]c(C)cc3c2)c2cc(OC)ccc2N1N(C)C. The van der Waals surface area contributed by atoms with Crippen molar-refractivity contribution in [2.24, 2.45) is 4.99 Å². The summed E-state index contributed by atoms with van der Waals surface area (Å²) in [5.74, 6) is 1.50. The lowest BCUT2D eigenvalue weighted by molar-refractivity contribution is 0.196. The van der Waals surface area contributed by atoms with Crippen LogP contribution in [0.15, 0.2) is 47.5 Å². The minimum Gasteiger partial charge on any atom is -0.497 e. The number of hydrazine groups is 1. The van der Waals surface area contributed by atoms with Crippen LogP contribution in [0.5, 0.6) is 11.5 Å². The van der Waals surface area contributed by atoms with Gasteiger partial charge in [-0.05, 0) is 56.3 Å². The molecule has 0 fully saturated rings. The number of ether oxygens (including phenoxy) is 3. The molecular formula is C22H26N4O3. The number of benzene rings is 2. The summed E-state index contributed by atoms with van der Waals surface area (Å²) in [7, 11) is 5.55. The van der Waals surface area contributed by atoms with E-state index in [4.69, 9.17) is 19.2 Å². The van der Waals surface area contributed by atoms with Crippen LogP contribution in [0, 0.1) is 6.92 Å². The number of aromatic nitrogens is 1. The Bertz CT molecular complexity index is 1060. The van der Waals surface area contributed by atoms with E-state index in [0.717, 1.165) is 39.3 Å². The molecule has 1 unspecified atom stereocenters. The molecule has 0 spiro atoms. The summed E-state index contributed by atoms with van der Waals surface area (Å²) in [6.07, 6.45) is -0.546. The number of anilines is 1. The highest BCUT2D eigenvalue weighted by Crippen LogP contribution is 2.38. The third-order valence-electron chi connectivity index (χ3n) is 4.79. The van der Waals surface area contributed by atoms with Crippen molar-refractivity contribution in [3.05, 3.63) is 53.7 Å². The molecule has 0 amide bonds. The van der Waals surface area contributed by atoms with E-state index in [0.29, 0.717) is 12.6 Å². The van der Waals surface area contributed by atoms with E-state index in [1.807, 2.05) is 74.4 Å². The lowest BCUT2D eigenvalue weighted by atomic mass is 10.1.